The van der Waals surface area contributed by atoms with Crippen molar-refractivity contribution in [3.05, 3.63) is 23.0 Å². The van der Waals surface area contributed by atoms with Crippen molar-refractivity contribution in [3.8, 4) is 5.75 Å². The Hall–Kier alpha value is -0.873. The molecule has 1 aromatic carbocycles. The Labute approximate surface area is 129 Å². The van der Waals surface area contributed by atoms with E-state index in [1.807, 2.05) is 13.0 Å². The number of benzene rings is 1. The summed E-state index contributed by atoms with van der Waals surface area (Å²) in [6.45, 7) is 12.6. The van der Waals surface area contributed by atoms with Gasteiger partial charge in [-0.3, -0.25) is 0 Å². The molecule has 1 rings (SSSR count). The van der Waals surface area contributed by atoms with Crippen LogP contribution in [0, 0.1) is 12.7 Å². The average Bonchev–Trinajstić information content (AvgIpc) is 2.40. The van der Waals surface area contributed by atoms with E-state index in [1.54, 1.807) is 6.92 Å². The van der Waals surface area contributed by atoms with Gasteiger partial charge in [-0.1, -0.05) is 45.5 Å². The van der Waals surface area contributed by atoms with Gasteiger partial charge in [0.1, 0.15) is 0 Å². The van der Waals surface area contributed by atoms with Gasteiger partial charge in [0.2, 0.25) is 0 Å². The minimum absolute atomic E-state index is 0.303. The fourth-order valence-electron chi connectivity index (χ4n) is 2.49. The van der Waals surface area contributed by atoms with Crippen molar-refractivity contribution >= 4 is 13.3 Å². The first kappa shape index (κ1) is 18.2. The highest BCUT2D eigenvalue weighted by molar-refractivity contribution is 6.89. The number of rotatable bonds is 7. The van der Waals surface area contributed by atoms with Gasteiger partial charge in [0, 0.05) is 0 Å². The normalized spacial score (nSPS) is 13.3. The summed E-state index contributed by atoms with van der Waals surface area (Å²) in [6.07, 6.45) is 2.05. The summed E-state index contributed by atoms with van der Waals surface area (Å²) in [5.74, 6) is 0.0860. The van der Waals surface area contributed by atoms with Crippen LogP contribution < -0.4 is 9.92 Å². The summed E-state index contributed by atoms with van der Waals surface area (Å²) in [6, 6.07) is 1.98. The molecule has 120 valence electrons. The van der Waals surface area contributed by atoms with Crippen LogP contribution in [0.2, 0.25) is 19.6 Å². The third-order valence-electron chi connectivity index (χ3n) is 3.79. The smallest absolute Gasteiger partial charge is 0.168 e. The first-order valence-electron chi connectivity index (χ1n) is 7.88. The summed E-state index contributed by atoms with van der Waals surface area (Å²) in [5.41, 5.74) is 1.24. The number of aliphatic hydroxyl groups is 1. The van der Waals surface area contributed by atoms with Crippen LogP contribution in [0.5, 0.6) is 5.75 Å². The predicted octanol–water partition coefficient (Wildman–Crippen LogP) is 4.30. The van der Waals surface area contributed by atoms with Crippen molar-refractivity contribution < 1.29 is 14.2 Å². The third-order valence-corrected chi connectivity index (χ3v) is 5.78. The maximum Gasteiger partial charge on any atom is 0.168 e. The Morgan fingerprint density at radius 3 is 2.38 bits per heavy atom. The number of hydrogen-bond donors (Lipinski definition) is 1. The number of aliphatic hydroxyl groups excluding tert-OH is 1. The molecule has 1 aromatic rings. The minimum Gasteiger partial charge on any atom is -0.491 e. The first-order valence-corrected chi connectivity index (χ1v) is 11.4. The maximum absolute atomic E-state index is 14.7. The molecular weight excluding hydrogens is 283 g/mol. The highest BCUT2D eigenvalue weighted by atomic mass is 28.3. The Morgan fingerprint density at radius 2 is 1.90 bits per heavy atom. The van der Waals surface area contributed by atoms with Crippen molar-refractivity contribution in [3.63, 3.8) is 0 Å². The van der Waals surface area contributed by atoms with Crippen LogP contribution in [0.1, 0.15) is 50.3 Å². The summed E-state index contributed by atoms with van der Waals surface area (Å²) in [4.78, 5) is 0. The molecule has 0 aliphatic rings. The van der Waals surface area contributed by atoms with Gasteiger partial charge < -0.3 is 9.84 Å². The van der Waals surface area contributed by atoms with Crippen LogP contribution in [0.25, 0.3) is 0 Å². The van der Waals surface area contributed by atoms with E-state index >= 15 is 0 Å². The Bertz CT molecular complexity index is 481. The lowest BCUT2D eigenvalue weighted by Gasteiger charge is -2.25. The van der Waals surface area contributed by atoms with Gasteiger partial charge in [-0.25, -0.2) is 4.39 Å². The van der Waals surface area contributed by atoms with Gasteiger partial charge in [-0.05, 0) is 36.6 Å². The molecule has 0 aromatic heterocycles. The Morgan fingerprint density at radius 1 is 1.29 bits per heavy atom. The van der Waals surface area contributed by atoms with Gasteiger partial charge in [0.05, 0.1) is 20.8 Å². The second kappa shape index (κ2) is 7.41. The molecule has 0 aliphatic carbocycles. The summed E-state index contributed by atoms with van der Waals surface area (Å²) >= 11 is 0. The topological polar surface area (TPSA) is 29.5 Å². The summed E-state index contributed by atoms with van der Waals surface area (Å²) < 4.78 is 20.3. The van der Waals surface area contributed by atoms with E-state index in [2.05, 4.69) is 26.6 Å². The molecule has 0 saturated heterocycles. The Balaban J connectivity index is 3.38. The van der Waals surface area contributed by atoms with Gasteiger partial charge in [-0.15, -0.1) is 0 Å². The maximum atomic E-state index is 14.7. The van der Waals surface area contributed by atoms with E-state index in [-0.39, 0.29) is 5.82 Å². The molecular formula is C17H29FO2Si. The molecule has 0 amide bonds. The molecule has 0 radical (unpaired) electrons. The van der Waals surface area contributed by atoms with Gasteiger partial charge in [-0.2, -0.15) is 0 Å². The van der Waals surface area contributed by atoms with Crippen molar-refractivity contribution in [1.82, 2.24) is 0 Å². The van der Waals surface area contributed by atoms with E-state index in [1.165, 1.54) is 0 Å². The lowest BCUT2D eigenvalue weighted by atomic mass is 9.98. The lowest BCUT2D eigenvalue weighted by Crippen LogP contribution is -2.40. The molecule has 1 N–H and O–H groups in total. The van der Waals surface area contributed by atoms with Crippen LogP contribution in [-0.2, 0) is 0 Å². The van der Waals surface area contributed by atoms with Crippen LogP contribution in [0.3, 0.4) is 0 Å². The molecule has 0 bridgehead atoms. The van der Waals surface area contributed by atoms with Crippen molar-refractivity contribution in [2.75, 3.05) is 6.61 Å². The fourth-order valence-corrected chi connectivity index (χ4v) is 3.94. The summed E-state index contributed by atoms with van der Waals surface area (Å²) in [7, 11) is -1.75. The zero-order valence-electron chi connectivity index (χ0n) is 14.2. The SMILES string of the molecule is CCCCC(O)c1cc([Si](C)(C)C)c(OCC)c(F)c1C. The third kappa shape index (κ3) is 4.30. The van der Waals surface area contributed by atoms with E-state index in [9.17, 15) is 9.50 Å². The molecule has 0 fully saturated rings. The lowest BCUT2D eigenvalue weighted by molar-refractivity contribution is 0.163. The van der Waals surface area contributed by atoms with Crippen LogP contribution in [-0.4, -0.2) is 19.8 Å². The van der Waals surface area contributed by atoms with E-state index in [0.717, 1.165) is 23.6 Å². The zero-order chi connectivity index (χ0) is 16.2. The molecule has 2 nitrogen and oxygen atoms in total. The summed E-state index contributed by atoms with van der Waals surface area (Å²) in [5, 5.41) is 11.3. The van der Waals surface area contributed by atoms with Gasteiger partial charge >= 0.3 is 0 Å². The molecule has 1 unspecified atom stereocenters. The predicted molar refractivity (Wildman–Crippen MR) is 89.8 cm³/mol. The molecule has 4 heteroatoms. The van der Waals surface area contributed by atoms with Crippen molar-refractivity contribution in [2.24, 2.45) is 0 Å². The molecule has 0 saturated carbocycles. The quantitative estimate of drug-likeness (QED) is 0.761. The molecule has 21 heavy (non-hydrogen) atoms. The number of hydrogen-bond acceptors (Lipinski definition) is 2. The van der Waals surface area contributed by atoms with Gasteiger partial charge in [0.25, 0.3) is 0 Å². The Kier molecular flexibility index (Phi) is 6.41. The zero-order valence-corrected chi connectivity index (χ0v) is 15.2. The number of unbranched alkanes of at least 4 members (excludes halogenated alkanes) is 1. The standard InChI is InChI=1S/C17H29FO2Si/c1-7-9-10-14(19)13-11-15(21(4,5)6)17(20-8-2)16(18)12(13)3/h11,14,19H,7-10H2,1-6H3. The van der Waals surface area contributed by atoms with Crippen molar-refractivity contribution in [2.45, 2.75) is 65.8 Å². The van der Waals surface area contributed by atoms with Crippen LogP contribution in [0.15, 0.2) is 6.07 Å². The highest BCUT2D eigenvalue weighted by Crippen LogP contribution is 2.30. The molecule has 1 atom stereocenters. The van der Waals surface area contributed by atoms with E-state index in [4.69, 9.17) is 4.74 Å². The second-order valence-corrected chi connectivity index (χ2v) is 11.7. The van der Waals surface area contributed by atoms with Crippen molar-refractivity contribution in [1.29, 1.82) is 0 Å². The van der Waals surface area contributed by atoms with Gasteiger partial charge in [0.15, 0.2) is 11.6 Å². The number of ether oxygens (including phenoxy) is 1. The average molecular weight is 313 g/mol. The largest absolute Gasteiger partial charge is 0.491 e. The van der Waals surface area contributed by atoms with E-state index < -0.39 is 14.2 Å². The van der Waals surface area contributed by atoms with Crippen LogP contribution in [0.4, 0.5) is 4.39 Å². The number of halogens is 1. The van der Waals surface area contributed by atoms with Crippen LogP contribution >= 0.6 is 0 Å². The highest BCUT2D eigenvalue weighted by Gasteiger charge is 2.28. The molecule has 0 heterocycles. The minimum atomic E-state index is -1.75. The monoisotopic (exact) mass is 312 g/mol. The fraction of sp³-hybridized carbons (Fsp3) is 0.647. The first-order chi connectivity index (χ1) is 9.73. The molecule has 0 spiro atoms. The van der Waals surface area contributed by atoms with E-state index in [0.29, 0.717) is 24.3 Å². The second-order valence-electron chi connectivity index (χ2n) is 6.62. The molecule has 0 aliphatic heterocycles.